The summed E-state index contributed by atoms with van der Waals surface area (Å²) in [5, 5.41) is 7.47. The van der Waals surface area contributed by atoms with Gasteiger partial charge in [0.05, 0.1) is 0 Å². The molecule has 2 aromatic heterocycles. The minimum atomic E-state index is 0.812. The molecule has 0 bridgehead atoms. The highest BCUT2D eigenvalue weighted by Gasteiger charge is 2.03. The molecule has 0 fully saturated rings. The van der Waals surface area contributed by atoms with Gasteiger partial charge >= 0.3 is 0 Å². The highest BCUT2D eigenvalue weighted by Crippen LogP contribution is 2.32. The van der Waals surface area contributed by atoms with Crippen molar-refractivity contribution in [2.24, 2.45) is 0 Å². The van der Waals surface area contributed by atoms with Gasteiger partial charge in [-0.2, -0.15) is 11.3 Å². The molecule has 0 aliphatic rings. The van der Waals surface area contributed by atoms with E-state index in [-0.39, 0.29) is 0 Å². The Morgan fingerprint density at radius 2 is 2.36 bits per heavy atom. The first kappa shape index (κ1) is 10.5. The Balaban J connectivity index is 1.98. The Labute approximate surface area is 104 Å². The van der Waals surface area contributed by atoms with Crippen LogP contribution in [0.4, 0.5) is 5.69 Å². The van der Waals surface area contributed by atoms with E-state index in [9.17, 15) is 0 Å². The maximum Gasteiger partial charge on any atom is 0.107 e. The zero-order valence-corrected chi connectivity index (χ0v) is 11.1. The first-order valence-corrected chi connectivity index (χ1v) is 6.88. The highest BCUT2D eigenvalue weighted by molar-refractivity contribution is 9.10. The SMILES string of the molecule is Clc1sc(CNc2ccsc2)cc1Br. The summed E-state index contributed by atoms with van der Waals surface area (Å²) in [6, 6.07) is 4.11. The standard InChI is InChI=1S/C9H7BrClNS2/c10-8-3-7(14-9(8)11)4-12-6-1-2-13-5-6/h1-3,5,12H,4H2. The quantitative estimate of drug-likeness (QED) is 0.855. The van der Waals surface area contributed by atoms with Crippen LogP contribution in [0.2, 0.25) is 4.34 Å². The molecule has 0 atom stereocenters. The van der Waals surface area contributed by atoms with Gasteiger partial charge < -0.3 is 5.32 Å². The molecule has 0 aliphatic heterocycles. The summed E-state index contributed by atoms with van der Waals surface area (Å²) in [7, 11) is 0. The van der Waals surface area contributed by atoms with Crippen LogP contribution in [0.3, 0.4) is 0 Å². The minimum Gasteiger partial charge on any atom is -0.379 e. The van der Waals surface area contributed by atoms with Gasteiger partial charge in [0.25, 0.3) is 0 Å². The first-order chi connectivity index (χ1) is 6.75. The summed E-state index contributed by atoms with van der Waals surface area (Å²) >= 11 is 12.6. The normalized spacial score (nSPS) is 10.4. The van der Waals surface area contributed by atoms with Gasteiger partial charge in [-0.3, -0.25) is 0 Å². The van der Waals surface area contributed by atoms with Crippen molar-refractivity contribution in [1.29, 1.82) is 0 Å². The zero-order chi connectivity index (χ0) is 9.97. The van der Waals surface area contributed by atoms with Crippen LogP contribution in [0.5, 0.6) is 0 Å². The lowest BCUT2D eigenvalue weighted by atomic mass is 10.4. The molecule has 5 heteroatoms. The molecule has 0 aliphatic carbocycles. The van der Waals surface area contributed by atoms with E-state index in [0.717, 1.165) is 21.0 Å². The van der Waals surface area contributed by atoms with Crippen molar-refractivity contribution < 1.29 is 0 Å². The van der Waals surface area contributed by atoms with Gasteiger partial charge in [0, 0.05) is 27.0 Å². The van der Waals surface area contributed by atoms with E-state index in [1.807, 2.05) is 6.07 Å². The molecule has 2 aromatic rings. The van der Waals surface area contributed by atoms with Crippen LogP contribution in [-0.2, 0) is 6.54 Å². The summed E-state index contributed by atoms with van der Waals surface area (Å²) in [5.74, 6) is 0. The smallest absolute Gasteiger partial charge is 0.107 e. The largest absolute Gasteiger partial charge is 0.379 e. The van der Waals surface area contributed by atoms with Crippen molar-refractivity contribution >= 4 is 55.9 Å². The molecule has 2 heterocycles. The van der Waals surface area contributed by atoms with E-state index in [1.165, 1.54) is 4.88 Å². The van der Waals surface area contributed by atoms with Crippen LogP contribution in [0.1, 0.15) is 4.88 Å². The molecule has 1 N–H and O–H groups in total. The Morgan fingerprint density at radius 1 is 1.50 bits per heavy atom. The lowest BCUT2D eigenvalue weighted by molar-refractivity contribution is 1.20. The van der Waals surface area contributed by atoms with Crippen LogP contribution in [-0.4, -0.2) is 0 Å². The van der Waals surface area contributed by atoms with Gasteiger partial charge in [-0.1, -0.05) is 11.6 Å². The average molecular weight is 309 g/mol. The maximum absolute atomic E-state index is 5.94. The summed E-state index contributed by atoms with van der Waals surface area (Å²) in [5.41, 5.74) is 1.16. The molecule has 0 unspecified atom stereocenters. The molecule has 2 rings (SSSR count). The van der Waals surface area contributed by atoms with Gasteiger partial charge in [-0.15, -0.1) is 11.3 Å². The van der Waals surface area contributed by atoms with Gasteiger partial charge in [0.1, 0.15) is 4.34 Å². The molecule has 14 heavy (non-hydrogen) atoms. The van der Waals surface area contributed by atoms with Crippen LogP contribution in [0.15, 0.2) is 27.4 Å². The monoisotopic (exact) mass is 307 g/mol. The van der Waals surface area contributed by atoms with E-state index < -0.39 is 0 Å². The number of thiophene rings is 2. The van der Waals surface area contributed by atoms with Gasteiger partial charge in [-0.25, -0.2) is 0 Å². The second kappa shape index (κ2) is 4.66. The second-order valence-corrected chi connectivity index (χ2v) is 6.07. The molecular weight excluding hydrogens is 302 g/mol. The molecule has 0 saturated heterocycles. The summed E-state index contributed by atoms with van der Waals surface area (Å²) in [6.45, 7) is 0.826. The van der Waals surface area contributed by atoms with E-state index in [2.05, 4.69) is 38.1 Å². The third kappa shape index (κ3) is 2.51. The molecule has 0 aromatic carbocycles. The number of hydrogen-bond acceptors (Lipinski definition) is 3. The fourth-order valence-corrected chi connectivity index (χ4v) is 3.38. The molecule has 0 radical (unpaired) electrons. The van der Waals surface area contributed by atoms with Crippen LogP contribution in [0.25, 0.3) is 0 Å². The Hall–Kier alpha value is -0.0300. The fraction of sp³-hybridized carbons (Fsp3) is 0.111. The second-order valence-electron chi connectivity index (χ2n) is 2.70. The number of hydrogen-bond donors (Lipinski definition) is 1. The summed E-state index contributed by atoms with van der Waals surface area (Å²) in [4.78, 5) is 1.23. The fourth-order valence-electron chi connectivity index (χ4n) is 1.03. The summed E-state index contributed by atoms with van der Waals surface area (Å²) in [6.07, 6.45) is 0. The Kier molecular flexibility index (Phi) is 3.49. The molecule has 1 nitrogen and oxygen atoms in total. The average Bonchev–Trinajstić information content (AvgIpc) is 2.74. The predicted molar refractivity (Wildman–Crippen MR) is 68.7 cm³/mol. The number of halogens is 2. The van der Waals surface area contributed by atoms with E-state index in [4.69, 9.17) is 11.6 Å². The van der Waals surface area contributed by atoms with Crippen molar-refractivity contribution in [2.75, 3.05) is 5.32 Å². The molecule has 0 saturated carbocycles. The highest BCUT2D eigenvalue weighted by atomic mass is 79.9. The van der Waals surface area contributed by atoms with E-state index in [1.54, 1.807) is 22.7 Å². The Morgan fingerprint density at radius 3 is 2.93 bits per heavy atom. The zero-order valence-electron chi connectivity index (χ0n) is 7.09. The molecule has 0 amide bonds. The van der Waals surface area contributed by atoms with E-state index >= 15 is 0 Å². The van der Waals surface area contributed by atoms with Crippen molar-refractivity contribution in [2.45, 2.75) is 6.54 Å². The topological polar surface area (TPSA) is 12.0 Å². The molecular formula is C9H7BrClNS2. The van der Waals surface area contributed by atoms with Gasteiger partial charge in [0.15, 0.2) is 0 Å². The van der Waals surface area contributed by atoms with Crippen LogP contribution < -0.4 is 5.32 Å². The number of rotatable bonds is 3. The van der Waals surface area contributed by atoms with Crippen LogP contribution >= 0.6 is 50.2 Å². The van der Waals surface area contributed by atoms with Gasteiger partial charge in [-0.05, 0) is 33.4 Å². The van der Waals surface area contributed by atoms with Crippen molar-refractivity contribution in [1.82, 2.24) is 0 Å². The predicted octanol–water partition coefficient (Wildman–Crippen LogP) is 4.84. The van der Waals surface area contributed by atoms with Crippen molar-refractivity contribution in [3.05, 3.63) is 36.6 Å². The minimum absolute atomic E-state index is 0.812. The maximum atomic E-state index is 5.94. The molecule has 74 valence electrons. The van der Waals surface area contributed by atoms with Crippen molar-refractivity contribution in [3.8, 4) is 0 Å². The summed E-state index contributed by atoms with van der Waals surface area (Å²) < 4.78 is 1.79. The number of anilines is 1. The number of nitrogens with one attached hydrogen (secondary N) is 1. The lowest BCUT2D eigenvalue weighted by Gasteiger charge is -1.99. The van der Waals surface area contributed by atoms with Gasteiger partial charge in [0.2, 0.25) is 0 Å². The first-order valence-electron chi connectivity index (χ1n) is 3.95. The Bertz CT molecular complexity index is 391. The molecule has 0 spiro atoms. The third-order valence-corrected chi connectivity index (χ3v) is 4.84. The van der Waals surface area contributed by atoms with E-state index in [0.29, 0.717) is 0 Å². The van der Waals surface area contributed by atoms with Crippen LogP contribution in [0, 0.1) is 0 Å². The third-order valence-electron chi connectivity index (χ3n) is 1.68. The lowest BCUT2D eigenvalue weighted by Crippen LogP contribution is -1.94. The van der Waals surface area contributed by atoms with Crippen molar-refractivity contribution in [3.63, 3.8) is 0 Å².